The predicted octanol–water partition coefficient (Wildman–Crippen LogP) is -0.636. The first-order valence-electron chi connectivity index (χ1n) is 3.79. The number of aliphatic hydroxyl groups is 1. The molecule has 0 heterocycles. The molecule has 4 N–H and O–H groups in total. The van der Waals surface area contributed by atoms with Gasteiger partial charge in [-0.3, -0.25) is 4.55 Å². The maximum Gasteiger partial charge on any atom is 0.267 e. The van der Waals surface area contributed by atoms with Crippen molar-refractivity contribution in [3.63, 3.8) is 0 Å². The summed E-state index contributed by atoms with van der Waals surface area (Å²) in [5.74, 6) is -0.586. The lowest BCUT2D eigenvalue weighted by atomic mass is 10.2. The topological polar surface area (TPSA) is 101 Å². The second-order valence-corrected chi connectivity index (χ2v) is 4.18. The highest BCUT2D eigenvalue weighted by molar-refractivity contribution is 7.85. The second-order valence-electron chi connectivity index (χ2n) is 2.69. The lowest BCUT2D eigenvalue weighted by molar-refractivity contribution is 0.181. The van der Waals surface area contributed by atoms with Gasteiger partial charge < -0.3 is 10.8 Å². The first-order valence-corrected chi connectivity index (χ1v) is 5.40. The Kier molecular flexibility index (Phi) is 5.39. The lowest BCUT2D eigenvalue weighted by Gasteiger charge is -2.06. The molecule has 0 radical (unpaired) electrons. The van der Waals surface area contributed by atoms with Crippen LogP contribution >= 0.6 is 0 Å². The minimum atomic E-state index is -4.04. The average Bonchev–Trinajstić information content (AvgIpc) is 1.84. The summed E-state index contributed by atoms with van der Waals surface area (Å²) in [5.41, 5.74) is 5.19. The van der Waals surface area contributed by atoms with Crippen LogP contribution in [0, 0.1) is 0 Å². The van der Waals surface area contributed by atoms with Crippen LogP contribution in [0.4, 0.5) is 0 Å². The van der Waals surface area contributed by atoms with E-state index < -0.39 is 22.0 Å². The zero-order chi connectivity index (χ0) is 9.61. The van der Waals surface area contributed by atoms with Gasteiger partial charge in [0.2, 0.25) is 0 Å². The molecular weight excluding hydrogens is 182 g/mol. The van der Waals surface area contributed by atoms with Gasteiger partial charge in [-0.1, -0.05) is 0 Å². The highest BCUT2D eigenvalue weighted by Gasteiger charge is 2.12. The van der Waals surface area contributed by atoms with Crippen LogP contribution in [0.5, 0.6) is 0 Å². The Morgan fingerprint density at radius 1 is 1.33 bits per heavy atom. The summed E-state index contributed by atoms with van der Waals surface area (Å²) in [7, 11) is -4.04. The van der Waals surface area contributed by atoms with Gasteiger partial charge in [-0.15, -0.1) is 0 Å². The summed E-state index contributed by atoms with van der Waals surface area (Å²) in [6.07, 6.45) is 0.804. The Labute approximate surface area is 72.3 Å². The van der Waals surface area contributed by atoms with Crippen molar-refractivity contribution < 1.29 is 18.1 Å². The normalized spacial score (nSPS) is 14.6. The predicted molar refractivity (Wildman–Crippen MR) is 45.3 cm³/mol. The number of hydrogen-bond donors (Lipinski definition) is 3. The van der Waals surface area contributed by atoms with Crippen molar-refractivity contribution in [1.82, 2.24) is 0 Å². The van der Waals surface area contributed by atoms with Crippen LogP contribution in [0.25, 0.3) is 0 Å². The third kappa shape index (κ3) is 7.93. The number of aliphatic hydroxyl groups excluding tert-OH is 1. The molecule has 6 heteroatoms. The van der Waals surface area contributed by atoms with Gasteiger partial charge in [0.05, 0.1) is 6.10 Å². The van der Waals surface area contributed by atoms with Crippen LogP contribution in [0.2, 0.25) is 0 Å². The van der Waals surface area contributed by atoms with Crippen LogP contribution in [-0.2, 0) is 10.1 Å². The van der Waals surface area contributed by atoms with Crippen molar-refractivity contribution in [1.29, 1.82) is 0 Å². The third-order valence-corrected chi connectivity index (χ3v) is 2.20. The maximum absolute atomic E-state index is 10.2. The molecule has 0 aliphatic rings. The van der Waals surface area contributed by atoms with Crippen LogP contribution in [0.1, 0.15) is 19.3 Å². The lowest BCUT2D eigenvalue weighted by Crippen LogP contribution is -2.20. The van der Waals surface area contributed by atoms with Crippen molar-refractivity contribution in [3.8, 4) is 0 Å². The Hall–Kier alpha value is -0.170. The number of unbranched alkanes of at least 4 members (excludes halogenated alkanes) is 1. The average molecular weight is 197 g/mol. The van der Waals surface area contributed by atoms with Crippen molar-refractivity contribution in [2.45, 2.75) is 25.4 Å². The van der Waals surface area contributed by atoms with E-state index >= 15 is 0 Å². The fourth-order valence-electron chi connectivity index (χ4n) is 0.851. The van der Waals surface area contributed by atoms with Gasteiger partial charge in [0, 0.05) is 0 Å². The van der Waals surface area contributed by atoms with E-state index in [4.69, 9.17) is 15.4 Å². The van der Waals surface area contributed by atoms with Gasteiger partial charge in [-0.2, -0.15) is 8.42 Å². The minimum absolute atomic E-state index is 0.358. The molecule has 5 nitrogen and oxygen atoms in total. The number of nitrogens with two attached hydrogens (primary N) is 1. The fourth-order valence-corrected chi connectivity index (χ4v) is 1.50. The molecule has 0 aromatic rings. The zero-order valence-corrected chi connectivity index (χ0v) is 7.63. The molecule has 0 bridgehead atoms. The van der Waals surface area contributed by atoms with Gasteiger partial charge >= 0.3 is 0 Å². The molecule has 0 amide bonds. The molecule has 0 fully saturated rings. The quantitative estimate of drug-likeness (QED) is 0.388. The molecule has 1 atom stereocenters. The Balaban J connectivity index is 3.53. The molecule has 0 spiro atoms. The molecule has 0 rings (SSSR count). The van der Waals surface area contributed by atoms with E-state index in [1.54, 1.807) is 0 Å². The van der Waals surface area contributed by atoms with E-state index in [1.807, 2.05) is 0 Å². The molecule has 0 aromatic carbocycles. The monoisotopic (exact) mass is 197 g/mol. The largest absolute Gasteiger partial charge is 0.392 e. The smallest absolute Gasteiger partial charge is 0.267 e. The fraction of sp³-hybridized carbons (Fsp3) is 1.00. The molecule has 74 valence electrons. The first-order chi connectivity index (χ1) is 5.45. The molecule has 12 heavy (non-hydrogen) atoms. The van der Waals surface area contributed by atoms with Crippen molar-refractivity contribution >= 4 is 10.1 Å². The highest BCUT2D eigenvalue weighted by Crippen LogP contribution is 2.01. The van der Waals surface area contributed by atoms with Crippen LogP contribution in [-0.4, -0.2) is 36.5 Å². The zero-order valence-electron chi connectivity index (χ0n) is 6.81. The van der Waals surface area contributed by atoms with E-state index in [0.29, 0.717) is 19.4 Å². The van der Waals surface area contributed by atoms with E-state index in [2.05, 4.69) is 0 Å². The van der Waals surface area contributed by atoms with E-state index in [0.717, 1.165) is 6.42 Å². The summed E-state index contributed by atoms with van der Waals surface area (Å²) < 4.78 is 28.8. The maximum atomic E-state index is 10.2. The van der Waals surface area contributed by atoms with E-state index in [1.165, 1.54) is 0 Å². The van der Waals surface area contributed by atoms with Crippen molar-refractivity contribution in [3.05, 3.63) is 0 Å². The third-order valence-electron chi connectivity index (χ3n) is 1.39. The molecule has 1 unspecified atom stereocenters. The van der Waals surface area contributed by atoms with Crippen molar-refractivity contribution in [2.24, 2.45) is 5.73 Å². The van der Waals surface area contributed by atoms with Gasteiger partial charge in [0.15, 0.2) is 0 Å². The molecule has 0 saturated carbocycles. The molecule has 0 aliphatic carbocycles. The summed E-state index contributed by atoms with van der Waals surface area (Å²) in [6.45, 7) is 0.526. The van der Waals surface area contributed by atoms with Crippen LogP contribution < -0.4 is 5.73 Å². The summed E-state index contributed by atoms with van der Waals surface area (Å²) in [5, 5.41) is 9.03. The summed E-state index contributed by atoms with van der Waals surface area (Å²) in [6, 6.07) is 0. The highest BCUT2D eigenvalue weighted by atomic mass is 32.2. The SMILES string of the molecule is NCCCCC(O)CS(=O)(=O)O. The van der Waals surface area contributed by atoms with Crippen LogP contribution in [0.15, 0.2) is 0 Å². The standard InChI is InChI=1S/C6H15NO4S/c7-4-2-1-3-6(8)5-12(9,10)11/h6,8H,1-5,7H2,(H,9,10,11). The summed E-state index contributed by atoms with van der Waals surface area (Å²) in [4.78, 5) is 0. The van der Waals surface area contributed by atoms with Gasteiger partial charge in [0.25, 0.3) is 10.1 Å². The van der Waals surface area contributed by atoms with Gasteiger partial charge in [-0.05, 0) is 25.8 Å². The summed E-state index contributed by atoms with van der Waals surface area (Å²) >= 11 is 0. The van der Waals surface area contributed by atoms with Crippen LogP contribution in [0.3, 0.4) is 0 Å². The Morgan fingerprint density at radius 3 is 2.33 bits per heavy atom. The number of hydrogen-bond acceptors (Lipinski definition) is 4. The first kappa shape index (κ1) is 11.8. The molecule has 0 saturated heterocycles. The Morgan fingerprint density at radius 2 is 1.92 bits per heavy atom. The molecule has 0 aromatic heterocycles. The van der Waals surface area contributed by atoms with Gasteiger partial charge in [-0.25, -0.2) is 0 Å². The van der Waals surface area contributed by atoms with Crippen molar-refractivity contribution in [2.75, 3.05) is 12.3 Å². The van der Waals surface area contributed by atoms with E-state index in [-0.39, 0.29) is 0 Å². The van der Waals surface area contributed by atoms with E-state index in [9.17, 15) is 8.42 Å². The molecule has 0 aliphatic heterocycles. The van der Waals surface area contributed by atoms with Gasteiger partial charge in [0.1, 0.15) is 5.75 Å². The Bertz CT molecular complexity index is 202. The molecular formula is C6H15NO4S. The number of rotatable bonds is 6. The minimum Gasteiger partial charge on any atom is -0.392 e. The second kappa shape index (κ2) is 5.47.